The average molecular weight is 262 g/mol. The molecule has 0 saturated carbocycles. The molecule has 1 aromatic carbocycles. The van der Waals surface area contributed by atoms with Crippen molar-refractivity contribution in [1.29, 1.82) is 0 Å². The van der Waals surface area contributed by atoms with Crippen molar-refractivity contribution in [2.75, 3.05) is 33.3 Å². The van der Waals surface area contributed by atoms with Gasteiger partial charge in [-0.1, -0.05) is 18.2 Å². The molecule has 3 nitrogen and oxygen atoms in total. The number of nitrogens with one attached hydrogen (secondary N) is 1. The molecule has 19 heavy (non-hydrogen) atoms. The smallest absolute Gasteiger partial charge is 0.119 e. The Kier molecular flexibility index (Phi) is 5.67. The summed E-state index contributed by atoms with van der Waals surface area (Å²) in [6.45, 7) is 6.51. The van der Waals surface area contributed by atoms with Crippen molar-refractivity contribution in [3.63, 3.8) is 0 Å². The summed E-state index contributed by atoms with van der Waals surface area (Å²) in [6.07, 6.45) is 2.65. The van der Waals surface area contributed by atoms with Crippen LogP contribution in [0.5, 0.6) is 5.75 Å². The lowest BCUT2D eigenvalue weighted by Crippen LogP contribution is -2.44. The predicted molar refractivity (Wildman–Crippen MR) is 79.6 cm³/mol. The van der Waals surface area contributed by atoms with Crippen molar-refractivity contribution in [1.82, 2.24) is 10.2 Å². The predicted octanol–water partition coefficient (Wildman–Crippen LogP) is 2.39. The van der Waals surface area contributed by atoms with E-state index in [-0.39, 0.29) is 0 Å². The first-order valence-electron chi connectivity index (χ1n) is 7.37. The first-order chi connectivity index (χ1) is 9.29. The number of rotatable bonds is 6. The van der Waals surface area contributed by atoms with Crippen LogP contribution in [0.15, 0.2) is 30.3 Å². The Morgan fingerprint density at radius 2 is 2.16 bits per heavy atom. The lowest BCUT2D eigenvalue weighted by atomic mass is 9.92. The van der Waals surface area contributed by atoms with E-state index in [0.29, 0.717) is 6.04 Å². The van der Waals surface area contributed by atoms with E-state index in [4.69, 9.17) is 4.74 Å². The molecule has 2 rings (SSSR count). The third-order valence-corrected chi connectivity index (χ3v) is 4.12. The van der Waals surface area contributed by atoms with Crippen molar-refractivity contribution >= 4 is 0 Å². The molecule has 0 bridgehead atoms. The molecular formula is C16H26N2O. The maximum absolute atomic E-state index is 5.77. The first-order valence-corrected chi connectivity index (χ1v) is 7.37. The molecule has 0 amide bonds. The summed E-state index contributed by atoms with van der Waals surface area (Å²) < 4.78 is 5.77. The molecule has 1 saturated heterocycles. The Bertz CT molecular complexity index is 355. The molecule has 1 aliphatic heterocycles. The van der Waals surface area contributed by atoms with Crippen LogP contribution in [0.2, 0.25) is 0 Å². The van der Waals surface area contributed by atoms with Gasteiger partial charge in [0, 0.05) is 19.1 Å². The Morgan fingerprint density at radius 3 is 2.89 bits per heavy atom. The molecule has 1 aromatic rings. The summed E-state index contributed by atoms with van der Waals surface area (Å²) >= 11 is 0. The Hall–Kier alpha value is -1.06. The highest BCUT2D eigenvalue weighted by Gasteiger charge is 2.23. The minimum Gasteiger partial charge on any atom is -0.492 e. The van der Waals surface area contributed by atoms with Gasteiger partial charge in [-0.25, -0.2) is 0 Å². The molecule has 2 atom stereocenters. The van der Waals surface area contributed by atoms with E-state index >= 15 is 0 Å². The zero-order valence-corrected chi connectivity index (χ0v) is 12.1. The highest BCUT2D eigenvalue weighted by atomic mass is 16.5. The van der Waals surface area contributed by atoms with Gasteiger partial charge in [0.15, 0.2) is 0 Å². The van der Waals surface area contributed by atoms with Gasteiger partial charge in [0.2, 0.25) is 0 Å². The van der Waals surface area contributed by atoms with E-state index in [2.05, 4.69) is 24.2 Å². The van der Waals surface area contributed by atoms with Crippen molar-refractivity contribution in [2.45, 2.75) is 25.8 Å². The van der Waals surface area contributed by atoms with Crippen molar-refractivity contribution < 1.29 is 4.74 Å². The van der Waals surface area contributed by atoms with Gasteiger partial charge in [0.05, 0.1) is 0 Å². The molecule has 1 N–H and O–H groups in total. The maximum Gasteiger partial charge on any atom is 0.119 e. The zero-order chi connectivity index (χ0) is 13.5. The minimum atomic E-state index is 0.609. The summed E-state index contributed by atoms with van der Waals surface area (Å²) in [5.41, 5.74) is 0. The van der Waals surface area contributed by atoms with Crippen LogP contribution in [0, 0.1) is 5.92 Å². The third kappa shape index (κ3) is 4.51. The molecule has 1 aliphatic rings. The highest BCUT2D eigenvalue weighted by molar-refractivity contribution is 5.20. The highest BCUT2D eigenvalue weighted by Crippen LogP contribution is 2.19. The van der Waals surface area contributed by atoms with E-state index in [1.165, 1.54) is 25.9 Å². The number of likely N-dealkylation sites (tertiary alicyclic amines) is 1. The standard InChI is InChI=1S/C16H26N2O/c1-14(17-2)15-7-6-10-18(13-15)11-12-19-16-8-4-3-5-9-16/h3-5,8-9,14-15,17H,6-7,10-13H2,1-2H3. The van der Waals surface area contributed by atoms with Crippen LogP contribution in [0.3, 0.4) is 0 Å². The van der Waals surface area contributed by atoms with Crippen LogP contribution in [-0.2, 0) is 0 Å². The van der Waals surface area contributed by atoms with E-state index in [9.17, 15) is 0 Å². The molecule has 0 radical (unpaired) electrons. The number of benzene rings is 1. The maximum atomic E-state index is 5.77. The zero-order valence-electron chi connectivity index (χ0n) is 12.1. The number of hydrogen-bond acceptors (Lipinski definition) is 3. The van der Waals surface area contributed by atoms with Gasteiger partial charge in [0.25, 0.3) is 0 Å². The van der Waals surface area contributed by atoms with Crippen LogP contribution in [0.4, 0.5) is 0 Å². The van der Waals surface area contributed by atoms with Crippen LogP contribution >= 0.6 is 0 Å². The second-order valence-corrected chi connectivity index (χ2v) is 5.44. The fourth-order valence-corrected chi connectivity index (χ4v) is 2.75. The molecule has 1 fully saturated rings. The van der Waals surface area contributed by atoms with E-state index in [1.54, 1.807) is 0 Å². The van der Waals surface area contributed by atoms with Gasteiger partial charge < -0.3 is 10.1 Å². The van der Waals surface area contributed by atoms with Gasteiger partial charge in [0.1, 0.15) is 12.4 Å². The minimum absolute atomic E-state index is 0.609. The Morgan fingerprint density at radius 1 is 1.37 bits per heavy atom. The lowest BCUT2D eigenvalue weighted by Gasteiger charge is -2.35. The topological polar surface area (TPSA) is 24.5 Å². The molecule has 0 aromatic heterocycles. The van der Waals surface area contributed by atoms with E-state index < -0.39 is 0 Å². The number of nitrogens with zero attached hydrogens (tertiary/aromatic N) is 1. The van der Waals surface area contributed by atoms with E-state index in [0.717, 1.165) is 24.8 Å². The van der Waals surface area contributed by atoms with Gasteiger partial charge in [-0.05, 0) is 51.4 Å². The Balaban J connectivity index is 1.71. The summed E-state index contributed by atoms with van der Waals surface area (Å²) in [7, 11) is 2.06. The summed E-state index contributed by atoms with van der Waals surface area (Å²) in [4.78, 5) is 2.53. The van der Waals surface area contributed by atoms with Crippen LogP contribution in [0.25, 0.3) is 0 Å². The van der Waals surface area contributed by atoms with Crippen molar-refractivity contribution in [3.8, 4) is 5.75 Å². The van der Waals surface area contributed by atoms with Crippen LogP contribution in [0.1, 0.15) is 19.8 Å². The SMILES string of the molecule is CNC(C)C1CCCN(CCOc2ccccc2)C1. The number of hydrogen-bond donors (Lipinski definition) is 1. The second kappa shape index (κ2) is 7.51. The normalized spacial score (nSPS) is 22.1. The molecule has 2 unspecified atom stereocenters. The monoisotopic (exact) mass is 262 g/mol. The number of para-hydroxylation sites is 1. The lowest BCUT2D eigenvalue weighted by molar-refractivity contribution is 0.132. The molecular weight excluding hydrogens is 236 g/mol. The Labute approximate surface area is 116 Å². The number of ether oxygens (including phenoxy) is 1. The molecule has 0 spiro atoms. The van der Waals surface area contributed by atoms with E-state index in [1.807, 2.05) is 30.3 Å². The summed E-state index contributed by atoms with van der Waals surface area (Å²) in [5.74, 6) is 1.75. The van der Waals surface area contributed by atoms with Crippen LogP contribution in [-0.4, -0.2) is 44.2 Å². The van der Waals surface area contributed by atoms with Gasteiger partial charge in [-0.3, -0.25) is 4.90 Å². The summed E-state index contributed by atoms with van der Waals surface area (Å²) in [5, 5.41) is 3.38. The van der Waals surface area contributed by atoms with Crippen molar-refractivity contribution in [2.24, 2.45) is 5.92 Å². The fraction of sp³-hybridized carbons (Fsp3) is 0.625. The quantitative estimate of drug-likeness (QED) is 0.852. The van der Waals surface area contributed by atoms with Gasteiger partial charge in [-0.15, -0.1) is 0 Å². The number of piperidine rings is 1. The van der Waals surface area contributed by atoms with Gasteiger partial charge >= 0.3 is 0 Å². The summed E-state index contributed by atoms with van der Waals surface area (Å²) in [6, 6.07) is 10.7. The molecule has 106 valence electrons. The third-order valence-electron chi connectivity index (χ3n) is 4.12. The van der Waals surface area contributed by atoms with Gasteiger partial charge in [-0.2, -0.15) is 0 Å². The molecule has 1 heterocycles. The first kappa shape index (κ1) is 14.4. The van der Waals surface area contributed by atoms with Crippen LogP contribution < -0.4 is 10.1 Å². The fourth-order valence-electron chi connectivity index (χ4n) is 2.75. The second-order valence-electron chi connectivity index (χ2n) is 5.44. The molecule has 3 heteroatoms. The van der Waals surface area contributed by atoms with Crippen molar-refractivity contribution in [3.05, 3.63) is 30.3 Å². The average Bonchev–Trinajstić information content (AvgIpc) is 2.48. The molecule has 0 aliphatic carbocycles. The largest absolute Gasteiger partial charge is 0.492 e.